The Morgan fingerprint density at radius 1 is 1.29 bits per heavy atom. The third-order valence-electron chi connectivity index (χ3n) is 2.85. The first-order valence-electron chi connectivity index (χ1n) is 6.06. The van der Waals surface area contributed by atoms with E-state index in [2.05, 4.69) is 5.32 Å². The lowest BCUT2D eigenvalue weighted by atomic mass is 10.2. The van der Waals surface area contributed by atoms with Crippen LogP contribution in [0.1, 0.15) is 15.9 Å². The van der Waals surface area contributed by atoms with Crippen molar-refractivity contribution in [3.8, 4) is 0 Å². The van der Waals surface area contributed by atoms with Gasteiger partial charge in [0, 0.05) is 10.5 Å². The molecule has 1 amide bonds. The molecule has 2 aromatic rings. The van der Waals surface area contributed by atoms with Crippen LogP contribution >= 0.6 is 35.6 Å². The fourth-order valence-electron chi connectivity index (χ4n) is 1.79. The predicted molar refractivity (Wildman–Crippen MR) is 93.5 cm³/mol. The third-order valence-corrected chi connectivity index (χ3v) is 4.20. The number of thiocarbonyl (C=S) groups is 1. The minimum Gasteiger partial charge on any atom is -0.389 e. The number of benzene rings is 2. The highest BCUT2D eigenvalue weighted by atomic mass is 35.5. The summed E-state index contributed by atoms with van der Waals surface area (Å²) in [7, 11) is 0. The van der Waals surface area contributed by atoms with Gasteiger partial charge < -0.3 is 11.1 Å². The van der Waals surface area contributed by atoms with Crippen LogP contribution in [0.3, 0.4) is 0 Å². The van der Waals surface area contributed by atoms with Crippen LogP contribution in [0.15, 0.2) is 47.4 Å². The zero-order valence-electron chi connectivity index (χ0n) is 11.2. The largest absolute Gasteiger partial charge is 0.389 e. The highest BCUT2D eigenvalue weighted by Crippen LogP contribution is 2.25. The van der Waals surface area contributed by atoms with Gasteiger partial charge in [-0.1, -0.05) is 36.0 Å². The first kappa shape index (κ1) is 15.8. The van der Waals surface area contributed by atoms with Crippen LogP contribution in [0.5, 0.6) is 0 Å². The van der Waals surface area contributed by atoms with Gasteiger partial charge in [0.1, 0.15) is 4.99 Å². The van der Waals surface area contributed by atoms with Crippen LogP contribution in [-0.2, 0) is 0 Å². The van der Waals surface area contributed by atoms with E-state index in [1.165, 1.54) is 11.8 Å². The van der Waals surface area contributed by atoms with E-state index in [1.807, 2.05) is 24.5 Å². The van der Waals surface area contributed by atoms with Crippen molar-refractivity contribution in [1.29, 1.82) is 0 Å². The maximum Gasteiger partial charge on any atom is 0.256 e. The Kier molecular flexibility index (Phi) is 5.22. The van der Waals surface area contributed by atoms with Gasteiger partial charge in [0.25, 0.3) is 5.91 Å². The van der Waals surface area contributed by atoms with E-state index in [1.54, 1.807) is 24.3 Å². The van der Waals surface area contributed by atoms with Crippen LogP contribution in [0, 0.1) is 0 Å². The number of amides is 1. The minimum atomic E-state index is -0.204. The number of hydrogen-bond donors (Lipinski definition) is 2. The van der Waals surface area contributed by atoms with E-state index in [9.17, 15) is 4.79 Å². The molecule has 21 heavy (non-hydrogen) atoms. The molecule has 0 heterocycles. The van der Waals surface area contributed by atoms with Gasteiger partial charge >= 0.3 is 0 Å². The Morgan fingerprint density at radius 3 is 2.62 bits per heavy atom. The first-order valence-corrected chi connectivity index (χ1v) is 8.07. The Labute approximate surface area is 137 Å². The maximum absolute atomic E-state index is 12.3. The second-order valence-electron chi connectivity index (χ2n) is 4.21. The van der Waals surface area contributed by atoms with Gasteiger partial charge in [-0.3, -0.25) is 4.79 Å². The van der Waals surface area contributed by atoms with Gasteiger partial charge in [-0.15, -0.1) is 11.8 Å². The molecule has 0 saturated heterocycles. The van der Waals surface area contributed by atoms with E-state index < -0.39 is 0 Å². The number of carbonyl (C=O) groups is 1. The quantitative estimate of drug-likeness (QED) is 0.655. The molecular formula is C15H13ClN2OS2. The van der Waals surface area contributed by atoms with E-state index in [0.29, 0.717) is 21.8 Å². The van der Waals surface area contributed by atoms with Crippen LogP contribution in [-0.4, -0.2) is 17.2 Å². The van der Waals surface area contributed by atoms with Crippen LogP contribution in [0.25, 0.3) is 0 Å². The van der Waals surface area contributed by atoms with Crippen LogP contribution in [0.2, 0.25) is 5.02 Å². The zero-order chi connectivity index (χ0) is 15.4. The Hall–Kier alpha value is -1.56. The van der Waals surface area contributed by atoms with Gasteiger partial charge in [-0.2, -0.15) is 0 Å². The molecule has 0 radical (unpaired) electrons. The molecule has 108 valence electrons. The fraction of sp³-hybridized carbons (Fsp3) is 0.0667. The normalized spacial score (nSPS) is 10.2. The van der Waals surface area contributed by atoms with E-state index in [0.717, 1.165) is 4.90 Å². The molecule has 3 N–H and O–H groups in total. The molecule has 6 heteroatoms. The van der Waals surface area contributed by atoms with Gasteiger partial charge in [0.05, 0.1) is 16.3 Å². The molecule has 0 atom stereocenters. The second-order valence-corrected chi connectivity index (χ2v) is 5.91. The highest BCUT2D eigenvalue weighted by Gasteiger charge is 2.12. The zero-order valence-corrected chi connectivity index (χ0v) is 13.6. The summed E-state index contributed by atoms with van der Waals surface area (Å²) in [5, 5.41) is 3.20. The van der Waals surface area contributed by atoms with Gasteiger partial charge in [0.2, 0.25) is 0 Å². The number of nitrogens with one attached hydrogen (secondary N) is 1. The van der Waals surface area contributed by atoms with E-state index >= 15 is 0 Å². The SMILES string of the molecule is CSc1ccccc1C(=O)Nc1ccc(C(N)=S)cc1Cl. The minimum absolute atomic E-state index is 0.204. The van der Waals surface area contributed by atoms with Crippen molar-refractivity contribution in [2.75, 3.05) is 11.6 Å². The Morgan fingerprint density at radius 2 is 2.00 bits per heavy atom. The van der Waals surface area contributed by atoms with Crippen molar-refractivity contribution in [3.63, 3.8) is 0 Å². The number of rotatable bonds is 4. The maximum atomic E-state index is 12.3. The van der Waals surface area contributed by atoms with Crippen LogP contribution < -0.4 is 11.1 Å². The number of nitrogens with two attached hydrogens (primary N) is 1. The van der Waals surface area contributed by atoms with Crippen molar-refractivity contribution in [1.82, 2.24) is 0 Å². The van der Waals surface area contributed by atoms with E-state index in [4.69, 9.17) is 29.6 Å². The van der Waals surface area contributed by atoms with Gasteiger partial charge in [-0.25, -0.2) is 0 Å². The van der Waals surface area contributed by atoms with Crippen LogP contribution in [0.4, 0.5) is 5.69 Å². The number of carbonyl (C=O) groups excluding carboxylic acids is 1. The van der Waals surface area contributed by atoms with Crippen molar-refractivity contribution in [3.05, 3.63) is 58.6 Å². The molecule has 0 fully saturated rings. The first-order chi connectivity index (χ1) is 10.0. The van der Waals surface area contributed by atoms with E-state index in [-0.39, 0.29) is 10.9 Å². The van der Waals surface area contributed by atoms with Gasteiger partial charge in [0.15, 0.2) is 0 Å². The molecule has 0 unspecified atom stereocenters. The molecule has 0 saturated carbocycles. The number of hydrogen-bond acceptors (Lipinski definition) is 3. The summed E-state index contributed by atoms with van der Waals surface area (Å²) in [5.74, 6) is -0.204. The molecule has 2 rings (SSSR count). The second kappa shape index (κ2) is 6.93. The highest BCUT2D eigenvalue weighted by molar-refractivity contribution is 7.98. The summed E-state index contributed by atoms with van der Waals surface area (Å²) in [5.41, 5.74) is 7.35. The molecule has 0 aromatic heterocycles. The standard InChI is InChI=1S/C15H13ClN2OS2/c1-21-13-5-3-2-4-10(13)15(19)18-12-7-6-9(14(17)20)8-11(12)16/h2-8H,1H3,(H2,17,20)(H,18,19). The van der Waals surface area contributed by atoms with Crippen molar-refractivity contribution in [2.24, 2.45) is 5.73 Å². The summed E-state index contributed by atoms with van der Waals surface area (Å²) in [6.07, 6.45) is 1.93. The number of halogens is 1. The lowest BCUT2D eigenvalue weighted by Crippen LogP contribution is -2.14. The summed E-state index contributed by atoms with van der Waals surface area (Å²) < 4.78 is 0. The molecule has 0 bridgehead atoms. The number of anilines is 1. The third kappa shape index (κ3) is 3.75. The molecular weight excluding hydrogens is 324 g/mol. The Bertz CT molecular complexity index is 704. The molecule has 3 nitrogen and oxygen atoms in total. The molecule has 0 spiro atoms. The average Bonchev–Trinajstić information content (AvgIpc) is 2.48. The summed E-state index contributed by atoms with van der Waals surface area (Å²) >= 11 is 12.6. The predicted octanol–water partition coefficient (Wildman–Crippen LogP) is 3.95. The lowest BCUT2D eigenvalue weighted by molar-refractivity contribution is 0.102. The Balaban J connectivity index is 2.26. The van der Waals surface area contributed by atoms with Crippen molar-refractivity contribution in [2.45, 2.75) is 4.90 Å². The van der Waals surface area contributed by atoms with Crippen molar-refractivity contribution < 1.29 is 4.79 Å². The monoisotopic (exact) mass is 336 g/mol. The van der Waals surface area contributed by atoms with Crippen molar-refractivity contribution >= 4 is 52.2 Å². The fourth-order valence-corrected chi connectivity index (χ4v) is 2.74. The smallest absolute Gasteiger partial charge is 0.256 e. The topological polar surface area (TPSA) is 55.1 Å². The summed E-state index contributed by atoms with van der Waals surface area (Å²) in [6, 6.07) is 12.5. The molecule has 0 aliphatic heterocycles. The average molecular weight is 337 g/mol. The molecule has 0 aliphatic carbocycles. The summed E-state index contributed by atoms with van der Waals surface area (Å²) in [4.78, 5) is 13.5. The lowest BCUT2D eigenvalue weighted by Gasteiger charge is -2.10. The molecule has 0 aliphatic rings. The number of thioether (sulfide) groups is 1. The van der Waals surface area contributed by atoms with Gasteiger partial charge in [-0.05, 0) is 36.6 Å². The molecule has 2 aromatic carbocycles. The summed E-state index contributed by atoms with van der Waals surface area (Å²) in [6.45, 7) is 0.